The van der Waals surface area contributed by atoms with E-state index >= 15 is 0 Å². The number of benzene rings is 3. The molecule has 3 aromatic carbocycles. The molecule has 0 fully saturated rings. The van der Waals surface area contributed by atoms with Crippen LogP contribution in [0.15, 0.2) is 78.9 Å². The van der Waals surface area contributed by atoms with Crippen molar-refractivity contribution in [3.8, 4) is 0 Å². The maximum atomic E-state index is 3.60. The van der Waals surface area contributed by atoms with Crippen molar-refractivity contribution in [1.29, 1.82) is 0 Å². The Balaban J connectivity index is 0.00000243. The summed E-state index contributed by atoms with van der Waals surface area (Å²) < 4.78 is 0. The van der Waals surface area contributed by atoms with Crippen LogP contribution in [0.1, 0.15) is 42.0 Å². The quantitative estimate of drug-likeness (QED) is 0.474. The van der Waals surface area contributed by atoms with Gasteiger partial charge in [0.25, 0.3) is 0 Å². The van der Waals surface area contributed by atoms with Gasteiger partial charge in [-0.1, -0.05) is 74.5 Å². The van der Waals surface area contributed by atoms with E-state index in [1.54, 1.807) is 0 Å². The first-order valence-corrected chi connectivity index (χ1v) is 9.02. The second-order valence-electron chi connectivity index (χ2n) is 6.90. The Labute approximate surface area is 170 Å². The molecular weight excluding hydrogens is 309 g/mol. The average Bonchev–Trinajstić information content (AvgIpc) is 2.63. The summed E-state index contributed by atoms with van der Waals surface area (Å²) >= 11 is 0. The van der Waals surface area contributed by atoms with Crippen LogP contribution in [0.5, 0.6) is 0 Å². The molecule has 3 aromatic rings. The molecule has 0 spiro atoms. The van der Waals surface area contributed by atoms with Gasteiger partial charge in [-0.05, 0) is 17.0 Å². The second-order valence-corrected chi connectivity index (χ2v) is 6.90. The first-order valence-electron chi connectivity index (χ1n) is 9.02. The van der Waals surface area contributed by atoms with Crippen molar-refractivity contribution in [1.82, 2.24) is 4.90 Å². The Kier molecular flexibility index (Phi) is 8.20. The minimum Gasteiger partial charge on any atom is -0.293 e. The largest absolute Gasteiger partial charge is 1.00 e. The SMILES string of the molecule is CC(C)c1[c-]c(CN(Cc2ccccc2)Cc2ccccc2)ccc1.[Li+]. The smallest absolute Gasteiger partial charge is 0.293 e. The maximum absolute atomic E-state index is 3.60. The summed E-state index contributed by atoms with van der Waals surface area (Å²) in [6.45, 7) is 7.23. The molecule has 128 valence electrons. The minimum absolute atomic E-state index is 0. The molecule has 0 saturated carbocycles. The molecule has 0 saturated heterocycles. The number of rotatable bonds is 7. The van der Waals surface area contributed by atoms with E-state index in [0.717, 1.165) is 19.6 Å². The zero-order chi connectivity index (χ0) is 17.5. The van der Waals surface area contributed by atoms with E-state index in [0.29, 0.717) is 5.92 Å². The van der Waals surface area contributed by atoms with Gasteiger partial charge < -0.3 is 0 Å². The van der Waals surface area contributed by atoms with Crippen LogP contribution >= 0.6 is 0 Å². The molecule has 26 heavy (non-hydrogen) atoms. The van der Waals surface area contributed by atoms with Crippen LogP contribution in [0.4, 0.5) is 0 Å². The van der Waals surface area contributed by atoms with Crippen LogP contribution in [-0.2, 0) is 19.6 Å². The minimum atomic E-state index is 0. The van der Waals surface area contributed by atoms with Gasteiger partial charge in [0.1, 0.15) is 0 Å². The first kappa shape index (κ1) is 20.5. The molecule has 0 amide bonds. The topological polar surface area (TPSA) is 3.24 Å². The molecule has 0 aliphatic carbocycles. The molecule has 3 rings (SSSR count). The summed E-state index contributed by atoms with van der Waals surface area (Å²) in [5.74, 6) is 0.511. The summed E-state index contributed by atoms with van der Waals surface area (Å²) in [6, 6.07) is 31.5. The Morgan fingerprint density at radius 2 is 1.23 bits per heavy atom. The van der Waals surface area contributed by atoms with Crippen LogP contribution in [0.2, 0.25) is 0 Å². The van der Waals surface area contributed by atoms with Crippen molar-refractivity contribution in [3.05, 3.63) is 107 Å². The molecule has 1 nitrogen and oxygen atoms in total. The second kappa shape index (κ2) is 10.4. The van der Waals surface area contributed by atoms with Gasteiger partial charge in [-0.25, -0.2) is 0 Å². The van der Waals surface area contributed by atoms with Crippen LogP contribution < -0.4 is 18.9 Å². The fraction of sp³-hybridized carbons (Fsp3) is 0.250. The molecule has 0 atom stereocenters. The third kappa shape index (κ3) is 6.18. The molecular formula is C24H26LiN. The van der Waals surface area contributed by atoms with Crippen LogP contribution in [0.25, 0.3) is 0 Å². The maximum Gasteiger partial charge on any atom is 1.00 e. The normalized spacial score (nSPS) is 10.8. The zero-order valence-corrected chi connectivity index (χ0v) is 16.2. The zero-order valence-electron chi connectivity index (χ0n) is 16.2. The molecule has 0 bridgehead atoms. The summed E-state index contributed by atoms with van der Waals surface area (Å²) in [7, 11) is 0. The van der Waals surface area contributed by atoms with Gasteiger partial charge >= 0.3 is 18.9 Å². The van der Waals surface area contributed by atoms with Crippen molar-refractivity contribution < 1.29 is 18.9 Å². The molecule has 0 radical (unpaired) electrons. The monoisotopic (exact) mass is 335 g/mol. The molecule has 0 unspecified atom stereocenters. The summed E-state index contributed by atoms with van der Waals surface area (Å²) in [4.78, 5) is 2.49. The molecule has 0 aliphatic rings. The molecule has 0 aliphatic heterocycles. The van der Waals surface area contributed by atoms with Crippen molar-refractivity contribution in [2.45, 2.75) is 39.4 Å². The van der Waals surface area contributed by atoms with E-state index in [4.69, 9.17) is 0 Å². The van der Waals surface area contributed by atoms with Crippen LogP contribution in [0.3, 0.4) is 0 Å². The predicted molar refractivity (Wildman–Crippen MR) is 105 cm³/mol. The Morgan fingerprint density at radius 3 is 1.73 bits per heavy atom. The van der Waals surface area contributed by atoms with Gasteiger partial charge in [-0.3, -0.25) is 4.90 Å². The van der Waals surface area contributed by atoms with E-state index in [2.05, 4.69) is 104 Å². The van der Waals surface area contributed by atoms with E-state index in [9.17, 15) is 0 Å². The predicted octanol–water partition coefficient (Wildman–Crippen LogP) is 2.82. The van der Waals surface area contributed by atoms with E-state index in [1.165, 1.54) is 22.3 Å². The first-order chi connectivity index (χ1) is 12.2. The van der Waals surface area contributed by atoms with Gasteiger partial charge in [-0.15, -0.1) is 5.56 Å². The number of hydrogen-bond donors (Lipinski definition) is 0. The Bertz CT molecular complexity index is 727. The summed E-state index contributed by atoms with van der Waals surface area (Å²) in [5.41, 5.74) is 5.24. The molecule has 0 N–H and O–H groups in total. The fourth-order valence-corrected chi connectivity index (χ4v) is 3.06. The van der Waals surface area contributed by atoms with Crippen LogP contribution in [-0.4, -0.2) is 4.90 Å². The van der Waals surface area contributed by atoms with Gasteiger partial charge in [0.2, 0.25) is 0 Å². The third-order valence-corrected chi connectivity index (χ3v) is 4.39. The Morgan fingerprint density at radius 1 is 0.692 bits per heavy atom. The van der Waals surface area contributed by atoms with Crippen molar-refractivity contribution in [2.24, 2.45) is 0 Å². The standard InChI is InChI=1S/C24H26N.Li/c1-20(2)24-15-9-14-23(16-24)19-25(17-21-10-5-3-6-11-21)18-22-12-7-4-8-13-22;/h3-15,20H,17-19H2,1-2H3;/q-1;+1. The van der Waals surface area contributed by atoms with Gasteiger partial charge in [0, 0.05) is 19.6 Å². The van der Waals surface area contributed by atoms with Gasteiger partial charge in [0.05, 0.1) is 0 Å². The molecule has 0 heterocycles. The van der Waals surface area contributed by atoms with E-state index in [-0.39, 0.29) is 18.9 Å². The van der Waals surface area contributed by atoms with Crippen molar-refractivity contribution in [2.75, 3.05) is 0 Å². The third-order valence-electron chi connectivity index (χ3n) is 4.39. The van der Waals surface area contributed by atoms with E-state index in [1.807, 2.05) is 0 Å². The number of nitrogens with zero attached hydrogens (tertiary/aromatic N) is 1. The van der Waals surface area contributed by atoms with Crippen molar-refractivity contribution >= 4 is 0 Å². The fourth-order valence-electron chi connectivity index (χ4n) is 3.06. The van der Waals surface area contributed by atoms with Gasteiger partial charge in [0.15, 0.2) is 0 Å². The molecule has 2 heteroatoms. The van der Waals surface area contributed by atoms with E-state index < -0.39 is 0 Å². The average molecular weight is 335 g/mol. The number of hydrogen-bond acceptors (Lipinski definition) is 1. The van der Waals surface area contributed by atoms with Crippen molar-refractivity contribution in [3.63, 3.8) is 0 Å². The van der Waals surface area contributed by atoms with Crippen LogP contribution in [0, 0.1) is 6.07 Å². The Hall–Kier alpha value is -1.78. The molecule has 0 aromatic heterocycles. The summed E-state index contributed by atoms with van der Waals surface area (Å²) in [6.07, 6.45) is 0. The summed E-state index contributed by atoms with van der Waals surface area (Å²) in [5, 5.41) is 0. The van der Waals surface area contributed by atoms with Gasteiger partial charge in [-0.2, -0.15) is 29.8 Å².